The molecule has 1 aliphatic heterocycles. The Labute approximate surface area is 200 Å². The summed E-state index contributed by atoms with van der Waals surface area (Å²) in [4.78, 5) is 17.2. The zero-order valence-electron chi connectivity index (χ0n) is 19.0. The molecule has 34 heavy (non-hydrogen) atoms. The molecule has 3 aromatic rings. The fraction of sp³-hybridized carbons (Fsp3) is 0.280. The van der Waals surface area contributed by atoms with Crippen LogP contribution in [-0.2, 0) is 23.1 Å². The van der Waals surface area contributed by atoms with Crippen LogP contribution in [0.5, 0.6) is 5.75 Å². The van der Waals surface area contributed by atoms with Gasteiger partial charge in [0, 0.05) is 49.8 Å². The molecule has 8 nitrogen and oxygen atoms in total. The molecule has 2 heterocycles. The van der Waals surface area contributed by atoms with Gasteiger partial charge in [-0.05, 0) is 60.4 Å². The van der Waals surface area contributed by atoms with Crippen molar-refractivity contribution in [3.8, 4) is 5.75 Å². The van der Waals surface area contributed by atoms with Crippen LogP contribution >= 0.6 is 0 Å². The van der Waals surface area contributed by atoms with Crippen LogP contribution in [0.15, 0.2) is 71.9 Å². The average Bonchev–Trinajstić information content (AvgIpc) is 3.43. The number of methoxy groups -OCH3 is 1. The molecule has 0 unspecified atom stereocenters. The fourth-order valence-electron chi connectivity index (χ4n) is 3.79. The van der Waals surface area contributed by atoms with Crippen molar-refractivity contribution >= 4 is 21.6 Å². The van der Waals surface area contributed by atoms with Crippen molar-refractivity contribution < 1.29 is 17.9 Å². The number of nitrogens with zero attached hydrogens (tertiary/aromatic N) is 2. The molecule has 0 saturated carbocycles. The predicted octanol–water partition coefficient (Wildman–Crippen LogP) is 3.42. The Balaban J connectivity index is 1.56. The van der Waals surface area contributed by atoms with Crippen LogP contribution in [0, 0.1) is 0 Å². The van der Waals surface area contributed by atoms with E-state index in [1.54, 1.807) is 31.6 Å². The highest BCUT2D eigenvalue weighted by Crippen LogP contribution is 2.25. The maximum atomic E-state index is 13.2. The van der Waals surface area contributed by atoms with Gasteiger partial charge >= 0.3 is 0 Å². The molecule has 2 N–H and O–H groups in total. The van der Waals surface area contributed by atoms with Crippen molar-refractivity contribution in [2.24, 2.45) is 0 Å². The second-order valence-corrected chi connectivity index (χ2v) is 10.0. The number of benzene rings is 2. The molecule has 1 fully saturated rings. The number of rotatable bonds is 9. The van der Waals surface area contributed by atoms with E-state index in [2.05, 4.69) is 15.6 Å². The van der Waals surface area contributed by atoms with Crippen molar-refractivity contribution in [3.05, 3.63) is 83.7 Å². The Morgan fingerprint density at radius 2 is 1.79 bits per heavy atom. The molecule has 0 atom stereocenters. The largest absolute Gasteiger partial charge is 0.497 e. The highest BCUT2D eigenvalue weighted by molar-refractivity contribution is 7.89. The van der Waals surface area contributed by atoms with Crippen molar-refractivity contribution in [1.29, 1.82) is 0 Å². The fourth-order valence-corrected chi connectivity index (χ4v) is 5.38. The summed E-state index contributed by atoms with van der Waals surface area (Å²) >= 11 is 0. The van der Waals surface area contributed by atoms with Gasteiger partial charge in [-0.3, -0.25) is 9.78 Å². The summed E-state index contributed by atoms with van der Waals surface area (Å²) in [5.74, 6) is 0.387. The van der Waals surface area contributed by atoms with Crippen LogP contribution in [0.4, 0.5) is 5.69 Å². The first-order valence-corrected chi connectivity index (χ1v) is 12.6. The third kappa shape index (κ3) is 5.73. The number of ether oxygens (including phenoxy) is 1. The smallest absolute Gasteiger partial charge is 0.251 e. The lowest BCUT2D eigenvalue weighted by Gasteiger charge is -2.18. The SMILES string of the molecule is COc1ccc(CNC(=O)c2cc(NCc3cccnc3)cc(S(=O)(=O)N3CCCC3)c2)cc1. The molecule has 9 heteroatoms. The standard InChI is InChI=1S/C25H28N4O4S/c1-33-23-8-6-19(7-9-23)17-28-25(30)21-13-22(27-18-20-5-4-10-26-16-20)15-24(14-21)34(31,32)29-11-2-3-12-29/h4-10,13-16,27H,2-3,11-12,17-18H2,1H3,(H,28,30). The van der Waals surface area contributed by atoms with Crippen LogP contribution in [0.2, 0.25) is 0 Å². The summed E-state index contributed by atoms with van der Waals surface area (Å²) in [7, 11) is -2.09. The summed E-state index contributed by atoms with van der Waals surface area (Å²) in [6, 6.07) is 15.9. The van der Waals surface area contributed by atoms with Gasteiger partial charge in [-0.25, -0.2) is 8.42 Å². The molecule has 1 aliphatic rings. The molecule has 0 spiro atoms. The molecule has 0 aliphatic carbocycles. The molecule has 0 bridgehead atoms. The molecule has 1 saturated heterocycles. The topological polar surface area (TPSA) is 101 Å². The maximum Gasteiger partial charge on any atom is 0.251 e. The molecule has 1 aromatic heterocycles. The van der Waals surface area contributed by atoms with E-state index in [0.29, 0.717) is 31.9 Å². The average molecular weight is 481 g/mol. The van der Waals surface area contributed by atoms with Crippen molar-refractivity contribution in [3.63, 3.8) is 0 Å². The number of amides is 1. The second-order valence-electron chi connectivity index (χ2n) is 8.10. The third-order valence-corrected chi connectivity index (χ3v) is 7.58. The van der Waals surface area contributed by atoms with E-state index in [4.69, 9.17) is 4.74 Å². The minimum absolute atomic E-state index is 0.111. The highest BCUT2D eigenvalue weighted by Gasteiger charge is 2.28. The lowest BCUT2D eigenvalue weighted by molar-refractivity contribution is 0.0950. The number of carbonyl (C=O) groups excluding carboxylic acids is 1. The van der Waals surface area contributed by atoms with Crippen molar-refractivity contribution in [2.45, 2.75) is 30.8 Å². The number of anilines is 1. The Hall–Kier alpha value is -3.43. The normalized spacial score (nSPS) is 14.0. The van der Waals surface area contributed by atoms with E-state index in [1.807, 2.05) is 36.4 Å². The maximum absolute atomic E-state index is 13.2. The first-order valence-electron chi connectivity index (χ1n) is 11.1. The van der Waals surface area contributed by atoms with Gasteiger partial charge in [-0.1, -0.05) is 18.2 Å². The van der Waals surface area contributed by atoms with E-state index in [1.165, 1.54) is 10.4 Å². The summed E-state index contributed by atoms with van der Waals surface area (Å²) in [5, 5.41) is 6.10. The molecule has 0 radical (unpaired) electrons. The molecule has 2 aromatic carbocycles. The molecular formula is C25H28N4O4S. The van der Waals surface area contributed by atoms with Crippen molar-refractivity contribution in [2.75, 3.05) is 25.5 Å². The zero-order chi connectivity index (χ0) is 24.0. The molecular weight excluding hydrogens is 452 g/mol. The lowest BCUT2D eigenvalue weighted by atomic mass is 10.1. The molecule has 178 valence electrons. The van der Waals surface area contributed by atoms with Crippen LogP contribution in [0.3, 0.4) is 0 Å². The number of sulfonamides is 1. The van der Waals surface area contributed by atoms with Gasteiger partial charge in [-0.15, -0.1) is 0 Å². The van der Waals surface area contributed by atoms with E-state index in [0.717, 1.165) is 29.7 Å². The Kier molecular flexibility index (Phi) is 7.44. The number of pyridine rings is 1. The van der Waals surface area contributed by atoms with E-state index in [9.17, 15) is 13.2 Å². The van der Waals surface area contributed by atoms with Gasteiger partial charge in [0.05, 0.1) is 12.0 Å². The van der Waals surface area contributed by atoms with Gasteiger partial charge in [-0.2, -0.15) is 4.31 Å². The Bertz CT molecular complexity index is 1230. The highest BCUT2D eigenvalue weighted by atomic mass is 32.2. The first-order chi connectivity index (χ1) is 16.5. The van der Waals surface area contributed by atoms with Gasteiger partial charge in [0.1, 0.15) is 5.75 Å². The second kappa shape index (κ2) is 10.7. The number of hydrogen-bond donors (Lipinski definition) is 2. The monoisotopic (exact) mass is 480 g/mol. The summed E-state index contributed by atoms with van der Waals surface area (Å²) in [5.41, 5.74) is 2.69. The number of aromatic nitrogens is 1. The predicted molar refractivity (Wildman–Crippen MR) is 130 cm³/mol. The molecule has 4 rings (SSSR count). The third-order valence-electron chi connectivity index (χ3n) is 5.70. The Morgan fingerprint density at radius 3 is 2.47 bits per heavy atom. The number of nitrogens with one attached hydrogen (secondary N) is 2. The van der Waals surface area contributed by atoms with E-state index >= 15 is 0 Å². The first kappa shape index (κ1) is 23.7. The van der Waals surface area contributed by atoms with Gasteiger partial charge < -0.3 is 15.4 Å². The summed E-state index contributed by atoms with van der Waals surface area (Å²) in [6.45, 7) is 1.75. The van der Waals surface area contributed by atoms with Crippen LogP contribution in [0.25, 0.3) is 0 Å². The number of hydrogen-bond acceptors (Lipinski definition) is 6. The van der Waals surface area contributed by atoms with E-state index < -0.39 is 10.0 Å². The van der Waals surface area contributed by atoms with Crippen LogP contribution in [0.1, 0.15) is 34.3 Å². The van der Waals surface area contributed by atoms with Gasteiger partial charge in [0.2, 0.25) is 10.0 Å². The van der Waals surface area contributed by atoms with Crippen LogP contribution < -0.4 is 15.4 Å². The minimum atomic E-state index is -3.69. The number of carbonyl (C=O) groups is 1. The summed E-state index contributed by atoms with van der Waals surface area (Å²) in [6.07, 6.45) is 5.11. The van der Waals surface area contributed by atoms with Gasteiger partial charge in [0.25, 0.3) is 5.91 Å². The van der Waals surface area contributed by atoms with Crippen molar-refractivity contribution in [1.82, 2.24) is 14.6 Å². The quantitative estimate of drug-likeness (QED) is 0.487. The minimum Gasteiger partial charge on any atom is -0.497 e. The Morgan fingerprint density at radius 1 is 1.03 bits per heavy atom. The zero-order valence-corrected chi connectivity index (χ0v) is 19.8. The van der Waals surface area contributed by atoms with Gasteiger partial charge in [0.15, 0.2) is 0 Å². The lowest BCUT2D eigenvalue weighted by Crippen LogP contribution is -2.29. The molecule has 1 amide bonds. The van der Waals surface area contributed by atoms with Crippen LogP contribution in [-0.4, -0.2) is 43.8 Å². The van der Waals surface area contributed by atoms with E-state index in [-0.39, 0.29) is 16.4 Å². The summed E-state index contributed by atoms with van der Waals surface area (Å²) < 4.78 is 33.1.